The minimum atomic E-state index is -0.550. The average molecular weight is 313 g/mol. The van der Waals surface area contributed by atoms with Crippen LogP contribution in [0.25, 0.3) is 0 Å². The Bertz CT molecular complexity index is 511. The fourth-order valence-corrected chi connectivity index (χ4v) is 2.71. The van der Waals surface area contributed by atoms with Gasteiger partial charge in [0.15, 0.2) is 11.5 Å². The first-order valence-corrected chi connectivity index (χ1v) is 7.08. The van der Waals surface area contributed by atoms with Crippen molar-refractivity contribution >= 4 is 18.3 Å². The highest BCUT2D eigenvalue weighted by atomic mass is 35.5. The summed E-state index contributed by atoms with van der Waals surface area (Å²) in [7, 11) is 0. The first-order valence-electron chi connectivity index (χ1n) is 7.08. The summed E-state index contributed by atoms with van der Waals surface area (Å²) >= 11 is 0. The smallest absolute Gasteiger partial charge is 0.267 e. The largest absolute Gasteiger partial charge is 0.485 e. The Morgan fingerprint density at radius 2 is 2.05 bits per heavy atom. The third-order valence-corrected chi connectivity index (χ3v) is 4.07. The highest BCUT2D eigenvalue weighted by Crippen LogP contribution is 2.31. The summed E-state index contributed by atoms with van der Waals surface area (Å²) in [5.74, 6) is 1.66. The minimum absolute atomic E-state index is 0. The summed E-state index contributed by atoms with van der Waals surface area (Å²) in [6.07, 6.45) is 0.295. The Labute approximate surface area is 130 Å². The molecule has 3 atom stereocenters. The lowest BCUT2D eigenvalue weighted by Gasteiger charge is -2.37. The van der Waals surface area contributed by atoms with E-state index in [4.69, 9.17) is 15.2 Å². The number of para-hydroxylation sites is 2. The van der Waals surface area contributed by atoms with Crippen molar-refractivity contribution in [3.63, 3.8) is 0 Å². The van der Waals surface area contributed by atoms with Crippen LogP contribution >= 0.6 is 12.4 Å². The van der Waals surface area contributed by atoms with E-state index < -0.39 is 6.10 Å². The van der Waals surface area contributed by atoms with Gasteiger partial charge in [0, 0.05) is 19.1 Å². The lowest BCUT2D eigenvalue weighted by atomic mass is 9.94. The van der Waals surface area contributed by atoms with E-state index in [1.54, 1.807) is 0 Å². The molecule has 1 amide bonds. The van der Waals surface area contributed by atoms with Gasteiger partial charge in [0.05, 0.1) is 0 Å². The number of benzene rings is 1. The molecule has 2 N–H and O–H groups in total. The SMILES string of the molecule is CC1CN(C(=O)C2COc3ccccc3O2)CCC1N.Cl. The zero-order valence-electron chi connectivity index (χ0n) is 12.0. The summed E-state index contributed by atoms with van der Waals surface area (Å²) in [6.45, 7) is 3.75. The Morgan fingerprint density at radius 1 is 1.33 bits per heavy atom. The molecule has 0 bridgehead atoms. The van der Waals surface area contributed by atoms with Crippen LogP contribution in [-0.2, 0) is 4.79 Å². The van der Waals surface area contributed by atoms with Crippen molar-refractivity contribution in [3.05, 3.63) is 24.3 Å². The van der Waals surface area contributed by atoms with Crippen molar-refractivity contribution in [3.8, 4) is 11.5 Å². The van der Waals surface area contributed by atoms with Gasteiger partial charge in [-0.2, -0.15) is 0 Å². The van der Waals surface area contributed by atoms with Crippen LogP contribution in [0.4, 0.5) is 0 Å². The molecule has 0 radical (unpaired) electrons. The molecule has 1 aromatic carbocycles. The Morgan fingerprint density at radius 3 is 2.76 bits per heavy atom. The van der Waals surface area contributed by atoms with Crippen LogP contribution in [0.1, 0.15) is 13.3 Å². The third kappa shape index (κ3) is 3.24. The molecule has 0 aliphatic carbocycles. The highest BCUT2D eigenvalue weighted by molar-refractivity contribution is 5.85. The second-order valence-corrected chi connectivity index (χ2v) is 5.58. The summed E-state index contributed by atoms with van der Waals surface area (Å²) in [5.41, 5.74) is 5.99. The predicted molar refractivity (Wildman–Crippen MR) is 81.9 cm³/mol. The number of nitrogens with two attached hydrogens (primary N) is 1. The molecule has 3 rings (SSSR count). The average Bonchev–Trinajstić information content (AvgIpc) is 2.49. The van der Waals surface area contributed by atoms with Gasteiger partial charge in [0.25, 0.3) is 5.91 Å². The zero-order valence-corrected chi connectivity index (χ0v) is 12.8. The maximum Gasteiger partial charge on any atom is 0.267 e. The standard InChI is InChI=1S/C15H20N2O3.ClH/c1-10-8-17(7-6-11(10)16)15(18)14-9-19-12-4-2-3-5-13(12)20-14;/h2-5,10-11,14H,6-9,16H2,1H3;1H. The molecule has 2 aliphatic heterocycles. The number of hydrogen-bond donors (Lipinski definition) is 1. The summed E-state index contributed by atoms with van der Waals surface area (Å²) in [4.78, 5) is 14.3. The van der Waals surface area contributed by atoms with Gasteiger partial charge in [-0.25, -0.2) is 0 Å². The molecule has 6 heteroatoms. The van der Waals surface area contributed by atoms with Crippen LogP contribution in [0.15, 0.2) is 24.3 Å². The molecule has 0 spiro atoms. The first kappa shape index (κ1) is 15.9. The second-order valence-electron chi connectivity index (χ2n) is 5.58. The van der Waals surface area contributed by atoms with E-state index in [9.17, 15) is 4.79 Å². The zero-order chi connectivity index (χ0) is 14.1. The molecule has 2 aliphatic rings. The van der Waals surface area contributed by atoms with Crippen LogP contribution in [-0.4, -0.2) is 42.6 Å². The fraction of sp³-hybridized carbons (Fsp3) is 0.533. The molecule has 3 unspecified atom stereocenters. The van der Waals surface area contributed by atoms with Crippen molar-refractivity contribution in [2.24, 2.45) is 11.7 Å². The molecule has 1 aromatic rings. The first-order chi connectivity index (χ1) is 9.65. The van der Waals surface area contributed by atoms with Crippen LogP contribution < -0.4 is 15.2 Å². The van der Waals surface area contributed by atoms with E-state index in [1.807, 2.05) is 29.2 Å². The van der Waals surface area contributed by atoms with E-state index in [-0.39, 0.29) is 31.0 Å². The van der Waals surface area contributed by atoms with Crippen LogP contribution in [0.2, 0.25) is 0 Å². The summed E-state index contributed by atoms with van der Waals surface area (Å²) < 4.78 is 11.4. The summed E-state index contributed by atoms with van der Waals surface area (Å²) in [6, 6.07) is 7.61. The van der Waals surface area contributed by atoms with Gasteiger partial charge in [-0.05, 0) is 24.5 Å². The molecular weight excluding hydrogens is 292 g/mol. The third-order valence-electron chi connectivity index (χ3n) is 4.07. The van der Waals surface area contributed by atoms with E-state index in [0.29, 0.717) is 30.5 Å². The van der Waals surface area contributed by atoms with E-state index in [2.05, 4.69) is 6.92 Å². The van der Waals surface area contributed by atoms with Crippen LogP contribution in [0.3, 0.4) is 0 Å². The lowest BCUT2D eigenvalue weighted by molar-refractivity contribution is -0.143. The Hall–Kier alpha value is -1.46. The van der Waals surface area contributed by atoms with Gasteiger partial charge in [0.2, 0.25) is 6.10 Å². The normalized spacial score (nSPS) is 27.7. The molecular formula is C15H21ClN2O3. The molecule has 5 nitrogen and oxygen atoms in total. The van der Waals surface area contributed by atoms with Crippen LogP contribution in [0.5, 0.6) is 11.5 Å². The van der Waals surface area contributed by atoms with Crippen molar-refractivity contribution in [1.29, 1.82) is 0 Å². The van der Waals surface area contributed by atoms with E-state index >= 15 is 0 Å². The van der Waals surface area contributed by atoms with Gasteiger partial charge in [-0.3, -0.25) is 4.79 Å². The van der Waals surface area contributed by atoms with Gasteiger partial charge >= 0.3 is 0 Å². The quantitative estimate of drug-likeness (QED) is 0.852. The van der Waals surface area contributed by atoms with Crippen molar-refractivity contribution in [2.45, 2.75) is 25.5 Å². The second kappa shape index (κ2) is 6.54. The molecule has 0 saturated carbocycles. The number of likely N-dealkylation sites (tertiary alicyclic amines) is 1. The van der Waals surface area contributed by atoms with Crippen LogP contribution in [0, 0.1) is 5.92 Å². The predicted octanol–water partition coefficient (Wildman–Crippen LogP) is 1.44. The number of piperidine rings is 1. The van der Waals surface area contributed by atoms with E-state index in [1.165, 1.54) is 0 Å². The molecule has 1 fully saturated rings. The fourth-order valence-electron chi connectivity index (χ4n) is 2.71. The number of carbonyl (C=O) groups excluding carboxylic acids is 1. The maximum absolute atomic E-state index is 12.5. The Balaban J connectivity index is 0.00000161. The number of halogens is 1. The number of rotatable bonds is 1. The van der Waals surface area contributed by atoms with Crippen molar-refractivity contribution < 1.29 is 14.3 Å². The van der Waals surface area contributed by atoms with Gasteiger partial charge in [-0.1, -0.05) is 19.1 Å². The lowest BCUT2D eigenvalue weighted by Crippen LogP contribution is -2.53. The highest BCUT2D eigenvalue weighted by Gasteiger charge is 2.34. The number of carbonyl (C=O) groups is 1. The van der Waals surface area contributed by atoms with E-state index in [0.717, 1.165) is 6.42 Å². The molecule has 21 heavy (non-hydrogen) atoms. The minimum Gasteiger partial charge on any atom is -0.485 e. The van der Waals surface area contributed by atoms with Gasteiger partial charge in [-0.15, -0.1) is 12.4 Å². The number of hydrogen-bond acceptors (Lipinski definition) is 4. The molecule has 0 aromatic heterocycles. The summed E-state index contributed by atoms with van der Waals surface area (Å²) in [5, 5.41) is 0. The number of fused-ring (bicyclic) bond motifs is 1. The van der Waals surface area contributed by atoms with Gasteiger partial charge in [0.1, 0.15) is 6.61 Å². The maximum atomic E-state index is 12.5. The topological polar surface area (TPSA) is 64.8 Å². The number of nitrogens with zero attached hydrogens (tertiary/aromatic N) is 1. The van der Waals surface area contributed by atoms with Crippen molar-refractivity contribution in [1.82, 2.24) is 4.90 Å². The number of ether oxygens (including phenoxy) is 2. The Kier molecular flexibility index (Phi) is 4.96. The molecule has 2 heterocycles. The molecule has 116 valence electrons. The van der Waals surface area contributed by atoms with Crippen molar-refractivity contribution in [2.75, 3.05) is 19.7 Å². The monoisotopic (exact) mass is 312 g/mol. The number of amides is 1. The molecule has 1 saturated heterocycles. The van der Waals surface area contributed by atoms with Gasteiger partial charge < -0.3 is 20.1 Å².